The van der Waals surface area contributed by atoms with Crippen LogP contribution in [0.25, 0.3) is 0 Å². The predicted octanol–water partition coefficient (Wildman–Crippen LogP) is 2.57. The molecule has 1 heterocycles. The Balaban J connectivity index is 2.45. The van der Waals surface area contributed by atoms with Crippen LogP contribution in [-0.4, -0.2) is 28.7 Å². The first-order valence-electron chi connectivity index (χ1n) is 4.82. The molecule has 0 atom stereocenters. The van der Waals surface area contributed by atoms with Gasteiger partial charge in [-0.25, -0.2) is 4.79 Å². The number of halogens is 3. The number of ether oxygens (including phenoxy) is 1. The summed E-state index contributed by atoms with van der Waals surface area (Å²) in [7, 11) is 0. The second kappa shape index (κ2) is 5.07. The summed E-state index contributed by atoms with van der Waals surface area (Å²) in [6.45, 7) is 2.13. The van der Waals surface area contributed by atoms with Crippen LogP contribution in [0.15, 0.2) is 12.4 Å². The molecule has 0 aromatic carbocycles. The number of carbonyl (C=O) groups excluding carboxylic acids is 1. The number of aromatic nitrogens is 2. The van der Waals surface area contributed by atoms with E-state index in [-0.39, 0.29) is 11.7 Å². The summed E-state index contributed by atoms with van der Waals surface area (Å²) in [5, 5.41) is 6.05. The maximum atomic E-state index is 11.7. The van der Waals surface area contributed by atoms with Crippen molar-refractivity contribution in [2.45, 2.75) is 26.1 Å². The Bertz CT molecular complexity index is 387. The van der Waals surface area contributed by atoms with Gasteiger partial charge in [0.15, 0.2) is 6.61 Å². The van der Waals surface area contributed by atoms with E-state index in [0.717, 1.165) is 0 Å². The summed E-state index contributed by atoms with van der Waals surface area (Å²) in [6, 6.07) is 0.0942. The fraction of sp³-hybridized carbons (Fsp3) is 0.556. The van der Waals surface area contributed by atoms with Crippen LogP contribution in [0.2, 0.25) is 0 Å². The third-order valence-electron chi connectivity index (χ3n) is 1.74. The number of hydrogen-bond donors (Lipinski definition) is 1. The second-order valence-electron chi connectivity index (χ2n) is 3.62. The molecule has 1 aromatic rings. The molecule has 17 heavy (non-hydrogen) atoms. The van der Waals surface area contributed by atoms with Gasteiger partial charge >= 0.3 is 12.3 Å². The fourth-order valence-corrected chi connectivity index (χ4v) is 0.986. The maximum absolute atomic E-state index is 11.7. The lowest BCUT2D eigenvalue weighted by Crippen LogP contribution is -2.23. The van der Waals surface area contributed by atoms with Gasteiger partial charge in [0.2, 0.25) is 0 Å². The Labute approximate surface area is 95.5 Å². The van der Waals surface area contributed by atoms with Crippen molar-refractivity contribution in [2.24, 2.45) is 0 Å². The number of anilines is 1. The minimum atomic E-state index is -4.53. The molecule has 0 aliphatic heterocycles. The number of nitrogens with zero attached hydrogens (tertiary/aromatic N) is 2. The topological polar surface area (TPSA) is 56.2 Å². The zero-order valence-electron chi connectivity index (χ0n) is 9.28. The number of carbonyl (C=O) groups is 1. The van der Waals surface area contributed by atoms with Crippen molar-refractivity contribution >= 4 is 11.8 Å². The molecule has 0 aliphatic carbocycles. The lowest BCUT2D eigenvalue weighted by atomic mass is 10.4. The largest absolute Gasteiger partial charge is 0.440 e. The smallest absolute Gasteiger partial charge is 0.422 e. The van der Waals surface area contributed by atoms with Crippen LogP contribution in [-0.2, 0) is 4.74 Å². The predicted molar refractivity (Wildman–Crippen MR) is 53.6 cm³/mol. The Kier molecular flexibility index (Phi) is 3.97. The number of rotatable bonds is 3. The Morgan fingerprint density at radius 2 is 2.24 bits per heavy atom. The summed E-state index contributed by atoms with van der Waals surface area (Å²) < 4.78 is 40.8. The standard InChI is InChI=1S/C9H12F3N3O2/c1-6(2)15-4-7(3-13-15)14-8(16)17-5-9(10,11)12/h3-4,6H,5H2,1-2H3,(H,14,16). The number of hydrogen-bond acceptors (Lipinski definition) is 3. The van der Waals surface area contributed by atoms with E-state index >= 15 is 0 Å². The SMILES string of the molecule is CC(C)n1cc(NC(=O)OCC(F)(F)F)cn1. The Hall–Kier alpha value is -1.73. The van der Waals surface area contributed by atoms with Gasteiger partial charge in [0.25, 0.3) is 0 Å². The second-order valence-corrected chi connectivity index (χ2v) is 3.62. The molecule has 5 nitrogen and oxygen atoms in total. The van der Waals surface area contributed by atoms with Crippen molar-refractivity contribution in [1.82, 2.24) is 9.78 Å². The molecule has 1 N–H and O–H groups in total. The molecule has 0 saturated heterocycles. The van der Waals surface area contributed by atoms with Crippen molar-refractivity contribution in [3.05, 3.63) is 12.4 Å². The summed E-state index contributed by atoms with van der Waals surface area (Å²) in [6.07, 6.45) is -2.86. The summed E-state index contributed by atoms with van der Waals surface area (Å²) >= 11 is 0. The average Bonchev–Trinajstić information content (AvgIpc) is 2.62. The quantitative estimate of drug-likeness (QED) is 0.898. The van der Waals surface area contributed by atoms with Gasteiger partial charge in [-0.05, 0) is 13.8 Å². The van der Waals surface area contributed by atoms with Crippen LogP contribution in [0, 0.1) is 0 Å². The van der Waals surface area contributed by atoms with E-state index in [9.17, 15) is 18.0 Å². The van der Waals surface area contributed by atoms with Gasteiger partial charge in [-0.1, -0.05) is 0 Å². The molecule has 96 valence electrons. The molecule has 0 spiro atoms. The van der Waals surface area contributed by atoms with E-state index in [2.05, 4.69) is 15.2 Å². The average molecular weight is 251 g/mol. The minimum absolute atomic E-state index is 0.0942. The summed E-state index contributed by atoms with van der Waals surface area (Å²) in [5.74, 6) is 0. The highest BCUT2D eigenvalue weighted by Gasteiger charge is 2.29. The Morgan fingerprint density at radius 1 is 1.59 bits per heavy atom. The van der Waals surface area contributed by atoms with E-state index < -0.39 is 18.9 Å². The van der Waals surface area contributed by atoms with Crippen molar-refractivity contribution in [3.8, 4) is 0 Å². The fourth-order valence-electron chi connectivity index (χ4n) is 0.986. The van der Waals surface area contributed by atoms with E-state index in [1.54, 1.807) is 4.68 Å². The molecular weight excluding hydrogens is 239 g/mol. The van der Waals surface area contributed by atoms with Crippen LogP contribution in [0.1, 0.15) is 19.9 Å². The Morgan fingerprint density at radius 3 is 2.71 bits per heavy atom. The minimum Gasteiger partial charge on any atom is -0.440 e. The molecule has 1 rings (SSSR count). The van der Waals surface area contributed by atoms with Crippen LogP contribution in [0.5, 0.6) is 0 Å². The molecule has 0 radical (unpaired) electrons. The number of nitrogens with one attached hydrogen (secondary N) is 1. The van der Waals surface area contributed by atoms with E-state index in [4.69, 9.17) is 0 Å². The van der Waals surface area contributed by atoms with Gasteiger partial charge < -0.3 is 4.74 Å². The van der Waals surface area contributed by atoms with Crippen molar-refractivity contribution < 1.29 is 22.7 Å². The molecule has 0 fully saturated rings. The number of amides is 1. The zero-order valence-corrected chi connectivity index (χ0v) is 9.28. The first-order chi connectivity index (χ1) is 7.78. The van der Waals surface area contributed by atoms with Crippen LogP contribution in [0.4, 0.5) is 23.7 Å². The molecule has 8 heteroatoms. The van der Waals surface area contributed by atoms with Crippen molar-refractivity contribution in [1.29, 1.82) is 0 Å². The summed E-state index contributed by atoms with van der Waals surface area (Å²) in [4.78, 5) is 11.0. The van der Waals surface area contributed by atoms with E-state index in [1.165, 1.54) is 12.4 Å². The molecule has 1 aromatic heterocycles. The lowest BCUT2D eigenvalue weighted by molar-refractivity contribution is -0.159. The summed E-state index contributed by atoms with van der Waals surface area (Å²) in [5.41, 5.74) is 0.283. The van der Waals surface area contributed by atoms with Crippen LogP contribution in [0.3, 0.4) is 0 Å². The zero-order chi connectivity index (χ0) is 13.1. The molecule has 0 aliphatic rings. The normalized spacial score (nSPS) is 11.6. The molecule has 0 saturated carbocycles. The monoisotopic (exact) mass is 251 g/mol. The lowest BCUT2D eigenvalue weighted by Gasteiger charge is -2.07. The van der Waals surface area contributed by atoms with Crippen molar-refractivity contribution in [3.63, 3.8) is 0 Å². The van der Waals surface area contributed by atoms with Crippen molar-refractivity contribution in [2.75, 3.05) is 11.9 Å². The maximum Gasteiger partial charge on any atom is 0.422 e. The third kappa shape index (κ3) is 4.75. The van der Waals surface area contributed by atoms with Gasteiger partial charge in [0, 0.05) is 12.2 Å². The van der Waals surface area contributed by atoms with Crippen LogP contribution >= 0.6 is 0 Å². The number of alkyl halides is 3. The molecule has 0 unspecified atom stereocenters. The molecule has 1 amide bonds. The van der Waals surface area contributed by atoms with E-state index in [1.807, 2.05) is 13.8 Å². The highest BCUT2D eigenvalue weighted by molar-refractivity contribution is 5.84. The van der Waals surface area contributed by atoms with Crippen LogP contribution < -0.4 is 5.32 Å². The van der Waals surface area contributed by atoms with Gasteiger partial charge in [-0.15, -0.1) is 0 Å². The first-order valence-corrected chi connectivity index (χ1v) is 4.82. The highest BCUT2D eigenvalue weighted by atomic mass is 19.4. The third-order valence-corrected chi connectivity index (χ3v) is 1.74. The van der Waals surface area contributed by atoms with Gasteiger partial charge in [-0.3, -0.25) is 10.00 Å². The van der Waals surface area contributed by atoms with Gasteiger partial charge in [0.1, 0.15) is 0 Å². The highest BCUT2D eigenvalue weighted by Crippen LogP contribution is 2.15. The molecule has 0 bridgehead atoms. The molecular formula is C9H12F3N3O2. The van der Waals surface area contributed by atoms with E-state index in [0.29, 0.717) is 0 Å². The van der Waals surface area contributed by atoms with Gasteiger partial charge in [0.05, 0.1) is 11.9 Å². The first kappa shape index (κ1) is 13.3. The van der Waals surface area contributed by atoms with Gasteiger partial charge in [-0.2, -0.15) is 18.3 Å².